The molecule has 3 aromatic heterocycles. The summed E-state index contributed by atoms with van der Waals surface area (Å²) in [6, 6.07) is 4.86. The Morgan fingerprint density at radius 1 is 1.20 bits per heavy atom. The molecule has 0 radical (unpaired) electrons. The fourth-order valence-corrected chi connectivity index (χ4v) is 5.91. The van der Waals surface area contributed by atoms with Crippen molar-refractivity contribution in [2.45, 2.75) is 57.7 Å². The SMILES string of the molecule is Cc1nn(C)cc1SNC(=O)c1ccc(-n2ccc(OCC(C)(C)C(F)(F)F)n2)nc1N1CCSCCC1(C)C. The Hall–Kier alpha value is -2.87. The van der Waals surface area contributed by atoms with Gasteiger partial charge in [0.2, 0.25) is 5.88 Å². The maximum atomic E-state index is 13.4. The minimum absolute atomic E-state index is 0.0530. The number of hydrogen-bond donors (Lipinski definition) is 1. The van der Waals surface area contributed by atoms with E-state index in [0.29, 0.717) is 23.7 Å². The molecule has 4 heterocycles. The first-order valence-electron chi connectivity index (χ1n) is 12.8. The van der Waals surface area contributed by atoms with Crippen molar-refractivity contribution in [2.24, 2.45) is 12.5 Å². The number of anilines is 1. The lowest BCUT2D eigenvalue weighted by atomic mass is 9.94. The molecular formula is C26H34F3N7O2S2. The molecule has 0 atom stereocenters. The third-order valence-electron chi connectivity index (χ3n) is 6.78. The highest BCUT2D eigenvalue weighted by molar-refractivity contribution is 7.99. The van der Waals surface area contributed by atoms with Crippen molar-refractivity contribution >= 4 is 35.4 Å². The van der Waals surface area contributed by atoms with Crippen molar-refractivity contribution in [1.82, 2.24) is 29.3 Å². The monoisotopic (exact) mass is 597 g/mol. The summed E-state index contributed by atoms with van der Waals surface area (Å²) in [6.07, 6.45) is -0.0885. The summed E-state index contributed by atoms with van der Waals surface area (Å²) in [6.45, 7) is 8.42. The highest BCUT2D eigenvalue weighted by atomic mass is 32.2. The third-order valence-corrected chi connectivity index (χ3v) is 8.65. The van der Waals surface area contributed by atoms with E-state index < -0.39 is 18.2 Å². The maximum Gasteiger partial charge on any atom is 0.397 e. The summed E-state index contributed by atoms with van der Waals surface area (Å²) >= 11 is 3.05. The summed E-state index contributed by atoms with van der Waals surface area (Å²) in [4.78, 5) is 21.3. The van der Waals surface area contributed by atoms with Crippen LogP contribution in [0.2, 0.25) is 0 Å². The highest BCUT2D eigenvalue weighted by Gasteiger charge is 2.48. The zero-order valence-corrected chi connectivity index (χ0v) is 25.0. The van der Waals surface area contributed by atoms with Crippen LogP contribution in [0.25, 0.3) is 5.82 Å². The Balaban J connectivity index is 1.63. The number of carbonyl (C=O) groups excluding carboxylic acids is 1. The van der Waals surface area contributed by atoms with E-state index in [0.717, 1.165) is 42.4 Å². The molecule has 1 fully saturated rings. The number of pyridine rings is 1. The molecular weight excluding hydrogens is 563 g/mol. The van der Waals surface area contributed by atoms with Crippen molar-refractivity contribution in [3.63, 3.8) is 0 Å². The second kappa shape index (κ2) is 11.6. The number of hydrogen-bond acceptors (Lipinski definition) is 8. The molecule has 1 amide bonds. The van der Waals surface area contributed by atoms with Crippen molar-refractivity contribution in [3.8, 4) is 11.7 Å². The molecule has 1 saturated heterocycles. The Kier molecular flexibility index (Phi) is 8.69. The van der Waals surface area contributed by atoms with Gasteiger partial charge in [0.15, 0.2) is 5.82 Å². The lowest BCUT2D eigenvalue weighted by Gasteiger charge is -2.38. The molecule has 1 N–H and O–H groups in total. The van der Waals surface area contributed by atoms with E-state index in [9.17, 15) is 18.0 Å². The average Bonchev–Trinajstić information content (AvgIpc) is 3.42. The lowest BCUT2D eigenvalue weighted by molar-refractivity contribution is -0.219. The number of nitrogens with one attached hydrogen (secondary N) is 1. The smallest absolute Gasteiger partial charge is 0.397 e. The Bertz CT molecular complexity index is 1350. The molecule has 9 nitrogen and oxygen atoms in total. The number of aryl methyl sites for hydroxylation is 2. The van der Waals surface area contributed by atoms with Crippen molar-refractivity contribution < 1.29 is 22.7 Å². The predicted octanol–water partition coefficient (Wildman–Crippen LogP) is 5.44. The van der Waals surface area contributed by atoms with Crippen molar-refractivity contribution in [2.75, 3.05) is 29.6 Å². The van der Waals surface area contributed by atoms with Crippen LogP contribution in [0, 0.1) is 12.3 Å². The van der Waals surface area contributed by atoms with Gasteiger partial charge < -0.3 is 9.64 Å². The first kappa shape index (κ1) is 30.1. The molecule has 4 rings (SSSR count). The van der Waals surface area contributed by atoms with Gasteiger partial charge in [0.1, 0.15) is 12.4 Å². The lowest BCUT2D eigenvalue weighted by Crippen LogP contribution is -2.46. The second-order valence-electron chi connectivity index (χ2n) is 10.9. The number of ether oxygens (including phenoxy) is 1. The van der Waals surface area contributed by atoms with Crippen LogP contribution in [0.15, 0.2) is 35.5 Å². The van der Waals surface area contributed by atoms with E-state index >= 15 is 0 Å². The van der Waals surface area contributed by atoms with Crippen LogP contribution in [-0.4, -0.2) is 66.8 Å². The standard InChI is InChI=1S/C26H34F3N7O2S2/c1-17-19(15-34(6)31-17)40-33-23(37)18-7-8-20(30-22(18)35-12-14-39-13-10-25(35,4)5)36-11-9-21(32-36)38-16-24(2,3)26(27,28)29/h7-9,11,15H,10,12-14,16H2,1-6H3,(H,33,37). The molecule has 0 aromatic carbocycles. The summed E-state index contributed by atoms with van der Waals surface area (Å²) in [5.41, 5.74) is -1.07. The number of alkyl halides is 3. The predicted molar refractivity (Wildman–Crippen MR) is 151 cm³/mol. The first-order valence-corrected chi connectivity index (χ1v) is 14.7. The fourth-order valence-electron chi connectivity index (χ4n) is 4.04. The average molecular weight is 598 g/mol. The van der Waals surface area contributed by atoms with Gasteiger partial charge in [0.05, 0.1) is 21.6 Å². The molecule has 14 heteroatoms. The molecule has 0 spiro atoms. The van der Waals surface area contributed by atoms with Crippen LogP contribution >= 0.6 is 23.7 Å². The molecule has 0 aliphatic carbocycles. The molecule has 218 valence electrons. The molecule has 3 aromatic rings. The largest absolute Gasteiger partial charge is 0.476 e. The Labute approximate surface area is 240 Å². The molecule has 1 aliphatic rings. The number of rotatable bonds is 8. The van der Waals surface area contributed by atoms with Crippen LogP contribution in [-0.2, 0) is 7.05 Å². The minimum atomic E-state index is -4.41. The third kappa shape index (κ3) is 6.70. The van der Waals surface area contributed by atoms with E-state index in [1.165, 1.54) is 22.7 Å². The van der Waals surface area contributed by atoms with Gasteiger partial charge in [-0.15, -0.1) is 5.10 Å². The van der Waals surface area contributed by atoms with Crippen molar-refractivity contribution in [3.05, 3.63) is 41.9 Å². The Morgan fingerprint density at radius 3 is 2.62 bits per heavy atom. The molecule has 40 heavy (non-hydrogen) atoms. The summed E-state index contributed by atoms with van der Waals surface area (Å²) in [7, 11) is 1.82. The zero-order valence-electron chi connectivity index (χ0n) is 23.4. The molecule has 0 unspecified atom stereocenters. The summed E-state index contributed by atoms with van der Waals surface area (Å²) in [5, 5.41) is 8.61. The minimum Gasteiger partial charge on any atom is -0.476 e. The second-order valence-corrected chi connectivity index (χ2v) is 13.0. The van der Waals surface area contributed by atoms with Crippen LogP contribution in [0.3, 0.4) is 0 Å². The highest BCUT2D eigenvalue weighted by Crippen LogP contribution is 2.38. The van der Waals surface area contributed by atoms with Gasteiger partial charge in [0.25, 0.3) is 5.91 Å². The normalized spacial score (nSPS) is 16.1. The van der Waals surface area contributed by atoms with E-state index in [-0.39, 0.29) is 17.3 Å². The maximum absolute atomic E-state index is 13.4. The summed E-state index contributed by atoms with van der Waals surface area (Å²) < 4.78 is 51.1. The number of halogens is 3. The summed E-state index contributed by atoms with van der Waals surface area (Å²) in [5.74, 6) is 2.57. The first-order chi connectivity index (χ1) is 18.7. The van der Waals surface area contributed by atoms with Crippen LogP contribution < -0.4 is 14.4 Å². The van der Waals surface area contributed by atoms with Crippen LogP contribution in [0.5, 0.6) is 5.88 Å². The van der Waals surface area contributed by atoms with Gasteiger partial charge in [0, 0.05) is 43.3 Å². The fraction of sp³-hybridized carbons (Fsp3) is 0.538. The molecule has 0 bridgehead atoms. The quantitative estimate of drug-likeness (QED) is 0.344. The molecule has 0 saturated carbocycles. The van der Waals surface area contributed by atoms with Gasteiger partial charge in [-0.3, -0.25) is 14.2 Å². The number of thioether (sulfide) groups is 1. The number of aromatic nitrogens is 5. The van der Waals surface area contributed by atoms with Crippen LogP contribution in [0.1, 0.15) is 50.2 Å². The number of carbonyl (C=O) groups is 1. The van der Waals surface area contributed by atoms with E-state index in [1.54, 1.807) is 23.0 Å². The van der Waals surface area contributed by atoms with Crippen molar-refractivity contribution in [1.29, 1.82) is 0 Å². The van der Waals surface area contributed by atoms with Gasteiger partial charge in [-0.05, 0) is 70.9 Å². The van der Waals surface area contributed by atoms with Gasteiger partial charge >= 0.3 is 6.18 Å². The molecule has 1 aliphatic heterocycles. The Morgan fingerprint density at radius 2 is 1.95 bits per heavy atom. The number of amides is 1. The van der Waals surface area contributed by atoms with E-state index in [4.69, 9.17) is 9.72 Å². The van der Waals surface area contributed by atoms with Gasteiger partial charge in [-0.25, -0.2) is 9.67 Å². The van der Waals surface area contributed by atoms with E-state index in [1.807, 2.05) is 31.9 Å². The zero-order chi connectivity index (χ0) is 29.3. The topological polar surface area (TPSA) is 90.1 Å². The van der Waals surface area contributed by atoms with Gasteiger partial charge in [-0.1, -0.05) is 0 Å². The van der Waals surface area contributed by atoms with E-state index in [2.05, 4.69) is 33.7 Å². The van der Waals surface area contributed by atoms with Gasteiger partial charge in [-0.2, -0.15) is 30.0 Å². The number of nitrogens with zero attached hydrogens (tertiary/aromatic N) is 6. The van der Waals surface area contributed by atoms with Crippen LogP contribution in [0.4, 0.5) is 19.0 Å².